The third-order valence-electron chi connectivity index (χ3n) is 4.67. The van der Waals surface area contributed by atoms with Crippen LogP contribution < -0.4 is 5.32 Å². The summed E-state index contributed by atoms with van der Waals surface area (Å²) in [5.74, 6) is 0.500. The third kappa shape index (κ3) is 2.97. The highest BCUT2D eigenvalue weighted by Gasteiger charge is 2.45. The first-order valence-corrected chi connectivity index (χ1v) is 8.05. The van der Waals surface area contributed by atoms with E-state index in [9.17, 15) is 4.79 Å². The summed E-state index contributed by atoms with van der Waals surface area (Å²) in [7, 11) is 0. The van der Waals surface area contributed by atoms with Gasteiger partial charge in [0, 0.05) is 42.9 Å². The lowest BCUT2D eigenvalue weighted by Gasteiger charge is -2.20. The van der Waals surface area contributed by atoms with E-state index in [0.29, 0.717) is 12.5 Å². The largest absolute Gasteiger partial charge is 0.371 e. The molecule has 1 aliphatic heterocycles. The summed E-state index contributed by atoms with van der Waals surface area (Å²) in [6, 6.07) is 7.89. The van der Waals surface area contributed by atoms with Crippen LogP contribution in [0.1, 0.15) is 36.0 Å². The van der Waals surface area contributed by atoms with Crippen LogP contribution >= 0.6 is 0 Å². The first-order chi connectivity index (χ1) is 11.3. The Balaban J connectivity index is 1.39. The Bertz CT molecular complexity index is 677. The summed E-state index contributed by atoms with van der Waals surface area (Å²) in [6.07, 6.45) is 8.82. The number of aromatic nitrogens is 2. The molecule has 2 aromatic heterocycles. The van der Waals surface area contributed by atoms with Crippen LogP contribution in [0.25, 0.3) is 0 Å². The number of carbonyl (C=O) groups is 1. The van der Waals surface area contributed by atoms with Gasteiger partial charge in [-0.2, -0.15) is 0 Å². The Kier molecular flexibility index (Phi) is 3.79. The highest BCUT2D eigenvalue weighted by molar-refractivity contribution is 5.83. The second-order valence-corrected chi connectivity index (χ2v) is 6.22. The molecule has 1 amide bonds. The highest BCUT2D eigenvalue weighted by atomic mass is 16.5. The molecule has 0 spiro atoms. The summed E-state index contributed by atoms with van der Waals surface area (Å²) < 4.78 is 5.80. The number of amides is 1. The van der Waals surface area contributed by atoms with Crippen molar-refractivity contribution in [1.29, 1.82) is 0 Å². The highest BCUT2D eigenvalue weighted by Crippen LogP contribution is 2.47. The molecule has 118 valence electrons. The van der Waals surface area contributed by atoms with Crippen molar-refractivity contribution in [2.45, 2.75) is 30.9 Å². The molecular weight excluding hydrogens is 290 g/mol. The van der Waals surface area contributed by atoms with E-state index in [1.54, 1.807) is 12.4 Å². The SMILES string of the molecule is O=C(N[C@H]1CCO[C@@H]1c1cccnc1)[C@@H]1C[C@@H]1c1cccnc1. The number of hydrogen-bond acceptors (Lipinski definition) is 4. The van der Waals surface area contributed by atoms with Crippen LogP contribution in [-0.4, -0.2) is 28.5 Å². The summed E-state index contributed by atoms with van der Waals surface area (Å²) in [4.78, 5) is 20.8. The fraction of sp³-hybridized carbons (Fsp3) is 0.389. The first-order valence-electron chi connectivity index (χ1n) is 8.05. The standard InChI is InChI=1S/C18H19N3O2/c22-18(15-9-14(15)12-3-1-6-19-10-12)21-16-5-8-23-17(16)13-4-2-7-20-11-13/h1-4,6-7,10-11,14-17H,5,8-9H2,(H,21,22)/t14-,15-,16+,17-/m1/s1. The zero-order valence-corrected chi connectivity index (χ0v) is 12.8. The predicted octanol–water partition coefficient (Wildman–Crippen LogP) is 2.23. The first kappa shape index (κ1) is 14.3. The van der Waals surface area contributed by atoms with E-state index in [0.717, 1.165) is 24.0 Å². The molecule has 2 aromatic rings. The molecule has 0 radical (unpaired) electrons. The van der Waals surface area contributed by atoms with E-state index in [2.05, 4.69) is 15.3 Å². The van der Waals surface area contributed by atoms with Gasteiger partial charge in [0.15, 0.2) is 0 Å². The van der Waals surface area contributed by atoms with Gasteiger partial charge in [0.05, 0.1) is 6.04 Å². The second kappa shape index (κ2) is 6.08. The van der Waals surface area contributed by atoms with Crippen molar-refractivity contribution in [3.8, 4) is 0 Å². The quantitative estimate of drug-likeness (QED) is 0.940. The second-order valence-electron chi connectivity index (χ2n) is 6.22. The molecule has 2 fully saturated rings. The molecule has 1 aliphatic carbocycles. The number of nitrogens with zero attached hydrogens (tertiary/aromatic N) is 2. The van der Waals surface area contributed by atoms with Crippen LogP contribution in [0.3, 0.4) is 0 Å². The van der Waals surface area contributed by atoms with Crippen molar-refractivity contribution in [1.82, 2.24) is 15.3 Å². The van der Waals surface area contributed by atoms with Crippen molar-refractivity contribution in [3.05, 3.63) is 60.2 Å². The lowest BCUT2D eigenvalue weighted by Crippen LogP contribution is -2.38. The van der Waals surface area contributed by atoms with Crippen LogP contribution in [0.5, 0.6) is 0 Å². The molecule has 4 atom stereocenters. The van der Waals surface area contributed by atoms with Crippen LogP contribution in [0.2, 0.25) is 0 Å². The van der Waals surface area contributed by atoms with Gasteiger partial charge in [-0.1, -0.05) is 12.1 Å². The van der Waals surface area contributed by atoms with Crippen molar-refractivity contribution in [2.24, 2.45) is 5.92 Å². The molecule has 5 nitrogen and oxygen atoms in total. The van der Waals surface area contributed by atoms with Gasteiger partial charge >= 0.3 is 0 Å². The van der Waals surface area contributed by atoms with Crippen molar-refractivity contribution >= 4 is 5.91 Å². The van der Waals surface area contributed by atoms with E-state index < -0.39 is 0 Å². The molecule has 4 rings (SSSR count). The Hall–Kier alpha value is -2.27. The van der Waals surface area contributed by atoms with Gasteiger partial charge in [-0.15, -0.1) is 0 Å². The Morgan fingerprint density at radius 1 is 1.13 bits per heavy atom. The van der Waals surface area contributed by atoms with E-state index in [1.165, 1.54) is 0 Å². The maximum atomic E-state index is 12.5. The van der Waals surface area contributed by atoms with Gasteiger partial charge < -0.3 is 10.1 Å². The molecule has 5 heteroatoms. The van der Waals surface area contributed by atoms with Crippen molar-refractivity contribution in [2.75, 3.05) is 6.61 Å². The number of carbonyl (C=O) groups excluding carboxylic acids is 1. The lowest BCUT2D eigenvalue weighted by atomic mass is 10.0. The number of pyridine rings is 2. The van der Waals surface area contributed by atoms with Gasteiger partial charge in [0.2, 0.25) is 5.91 Å². The number of rotatable bonds is 4. The number of ether oxygens (including phenoxy) is 1. The minimum Gasteiger partial charge on any atom is -0.371 e. The van der Waals surface area contributed by atoms with E-state index >= 15 is 0 Å². The lowest BCUT2D eigenvalue weighted by molar-refractivity contribution is -0.123. The zero-order valence-electron chi connectivity index (χ0n) is 12.8. The summed E-state index contributed by atoms with van der Waals surface area (Å²) in [6.45, 7) is 0.668. The maximum absolute atomic E-state index is 12.5. The van der Waals surface area contributed by atoms with Gasteiger partial charge in [-0.3, -0.25) is 14.8 Å². The molecule has 2 aliphatic rings. The van der Waals surface area contributed by atoms with E-state index in [1.807, 2.05) is 36.7 Å². The third-order valence-corrected chi connectivity index (χ3v) is 4.67. The Morgan fingerprint density at radius 2 is 1.87 bits per heavy atom. The maximum Gasteiger partial charge on any atom is 0.224 e. The fourth-order valence-electron chi connectivity index (χ4n) is 3.35. The number of hydrogen-bond donors (Lipinski definition) is 1. The molecule has 0 aromatic carbocycles. The predicted molar refractivity (Wildman–Crippen MR) is 84.6 cm³/mol. The van der Waals surface area contributed by atoms with Crippen LogP contribution in [0.15, 0.2) is 49.1 Å². The van der Waals surface area contributed by atoms with Crippen LogP contribution in [0, 0.1) is 5.92 Å². The van der Waals surface area contributed by atoms with Crippen molar-refractivity contribution in [3.63, 3.8) is 0 Å². The Morgan fingerprint density at radius 3 is 2.57 bits per heavy atom. The van der Waals surface area contributed by atoms with Crippen molar-refractivity contribution < 1.29 is 9.53 Å². The average Bonchev–Trinajstić information content (AvgIpc) is 3.29. The molecule has 1 saturated heterocycles. The molecular formula is C18H19N3O2. The average molecular weight is 309 g/mol. The normalized spacial score (nSPS) is 29.2. The topological polar surface area (TPSA) is 64.1 Å². The van der Waals surface area contributed by atoms with E-state index in [-0.39, 0.29) is 24.0 Å². The smallest absolute Gasteiger partial charge is 0.224 e. The van der Waals surface area contributed by atoms with Crippen LogP contribution in [-0.2, 0) is 9.53 Å². The molecule has 0 bridgehead atoms. The minimum atomic E-state index is -0.0942. The van der Waals surface area contributed by atoms with Crippen LogP contribution in [0.4, 0.5) is 0 Å². The molecule has 23 heavy (non-hydrogen) atoms. The summed E-state index contributed by atoms with van der Waals surface area (Å²) in [5, 5.41) is 3.18. The van der Waals surface area contributed by atoms with Gasteiger partial charge in [-0.25, -0.2) is 0 Å². The monoisotopic (exact) mass is 309 g/mol. The Labute approximate surface area is 135 Å². The van der Waals surface area contributed by atoms with Gasteiger partial charge in [-0.05, 0) is 36.5 Å². The van der Waals surface area contributed by atoms with E-state index in [4.69, 9.17) is 4.74 Å². The zero-order chi connectivity index (χ0) is 15.6. The molecule has 1 saturated carbocycles. The summed E-state index contributed by atoms with van der Waals surface area (Å²) >= 11 is 0. The fourth-order valence-corrected chi connectivity index (χ4v) is 3.35. The molecule has 3 heterocycles. The molecule has 1 N–H and O–H groups in total. The summed E-state index contributed by atoms with van der Waals surface area (Å²) in [5.41, 5.74) is 2.18. The molecule has 0 unspecified atom stereocenters. The number of nitrogens with one attached hydrogen (secondary N) is 1. The van der Waals surface area contributed by atoms with Gasteiger partial charge in [0.25, 0.3) is 0 Å². The minimum absolute atomic E-state index is 0.0295. The van der Waals surface area contributed by atoms with Gasteiger partial charge in [0.1, 0.15) is 6.10 Å².